The first-order valence-electron chi connectivity index (χ1n) is 38.4. The molecular weight excluding hydrogens is 1490 g/mol. The molecule has 4 aromatic heterocycles. The molecule has 0 radical (unpaired) electrons. The Labute approximate surface area is 668 Å². The second-order valence-corrected chi connectivity index (χ2v) is 40.9. The van der Waals surface area contributed by atoms with Crippen LogP contribution in [0.15, 0.2) is 351 Å². The zero-order valence-corrected chi connectivity index (χ0v) is 66.6. The van der Waals surface area contributed by atoms with Crippen molar-refractivity contribution >= 4 is 181 Å². The molecule has 0 atom stereocenters. The third kappa shape index (κ3) is 9.91. The van der Waals surface area contributed by atoms with Gasteiger partial charge in [0.25, 0.3) is 0 Å². The van der Waals surface area contributed by atoms with E-state index in [9.17, 15) is 11.1 Å². The number of aromatic nitrogens is 4. The largest absolute Gasteiger partial charge is 0.800 e. The standard InChI is InChI=1S/2C32H16N8.C28H28O3Si2.2Al/c2*1-2-10-18-17(9-1)25-33-26(18)38-28-21-13-5-6-14-22(21)30(35-28)40-32-24-16-8-7-15-23(24)31(36-32)39-29-20-12-4-3-11-19(20)27(34-29)37-25;1-21-9-5-13-25(17-21)32(29,26-14-6-10-22(2)18-26)31-33(30,27-15-7-11-23(3)19-27)28-16-8-12-24(4)20-28;;/h2*1-16H;5-20H,1-4H3;;/q3*-2;2*+3. The molecule has 12 heterocycles. The molecule has 0 amide bonds. The number of hydrogen-bond donors (Lipinski definition) is 0. The Balaban J connectivity index is 0.880. The molecule has 0 unspecified atom stereocenters. The van der Waals surface area contributed by atoms with Gasteiger partial charge in [0.15, 0.2) is 46.7 Å². The maximum atomic E-state index is 9.69. The summed E-state index contributed by atoms with van der Waals surface area (Å²) in [4.78, 5) is 69.1. The van der Waals surface area contributed by atoms with Crippen molar-refractivity contribution in [2.45, 2.75) is 27.7 Å². The first-order chi connectivity index (χ1) is 56.6. The van der Waals surface area contributed by atoms with E-state index in [0.29, 0.717) is 91.9 Å². The molecule has 115 heavy (non-hydrogen) atoms. The van der Waals surface area contributed by atoms with Crippen LogP contribution in [-0.4, -0.2) is 108 Å². The number of fused-ring (bicyclic) bond motifs is 28. The van der Waals surface area contributed by atoms with Crippen LogP contribution < -0.4 is 42.7 Å². The third-order valence-electron chi connectivity index (χ3n) is 22.9. The van der Waals surface area contributed by atoms with Crippen LogP contribution in [0.4, 0.5) is 23.3 Å². The van der Waals surface area contributed by atoms with Crippen molar-refractivity contribution in [1.29, 1.82) is 0 Å². The van der Waals surface area contributed by atoms with Crippen molar-refractivity contribution in [2.24, 2.45) is 59.9 Å². The summed E-state index contributed by atoms with van der Waals surface area (Å²) < 4.78 is 37.8. The molecule has 8 aliphatic rings. The van der Waals surface area contributed by atoms with E-state index in [4.69, 9.17) is 59.9 Å². The summed E-state index contributed by atoms with van der Waals surface area (Å²) in [5.74, 6) is 6.31. The Kier molecular flexibility index (Phi) is 14.5. The van der Waals surface area contributed by atoms with Gasteiger partial charge in [-0.15, -0.1) is 0 Å². The number of rotatable bonds is 10. The van der Waals surface area contributed by atoms with Crippen LogP contribution in [0.25, 0.3) is 43.1 Å². The summed E-state index contributed by atoms with van der Waals surface area (Å²) in [6.07, 6.45) is 0. The minimum Gasteiger partial charge on any atom is -0.482 e. The van der Waals surface area contributed by atoms with E-state index >= 15 is 0 Å². The van der Waals surface area contributed by atoms with Crippen molar-refractivity contribution in [3.63, 3.8) is 0 Å². The van der Waals surface area contributed by atoms with Crippen LogP contribution in [0.3, 0.4) is 0 Å². The van der Waals surface area contributed by atoms with Gasteiger partial charge in [0, 0.05) is 87.6 Å². The summed E-state index contributed by atoms with van der Waals surface area (Å²) in [6, 6.07) is 101. The Morgan fingerprint density at radius 1 is 0.217 bits per heavy atom. The second-order valence-electron chi connectivity index (χ2n) is 30.1. The first kappa shape index (κ1) is 66.4. The molecule has 24 rings (SSSR count). The maximum absolute atomic E-state index is 9.69. The highest BCUT2D eigenvalue weighted by Gasteiger charge is 2.61. The monoisotopic (exact) mass is 1550 g/mol. The molecule has 540 valence electrons. The molecule has 0 N–H and O–H groups in total. The molecule has 0 fully saturated rings. The highest BCUT2D eigenvalue weighted by Crippen LogP contribution is 2.45. The molecule has 12 aromatic carbocycles. The molecule has 12 bridgehead atoms. The van der Waals surface area contributed by atoms with Crippen molar-refractivity contribution in [3.8, 4) is 0 Å². The van der Waals surface area contributed by atoms with E-state index in [1.54, 1.807) is 0 Å². The normalized spacial score (nSPS) is 15.0. The fourth-order valence-corrected chi connectivity index (χ4v) is 36.1. The van der Waals surface area contributed by atoms with Crippen molar-refractivity contribution in [2.75, 3.05) is 0 Å². The highest BCUT2D eigenvalue weighted by atomic mass is 28.5. The lowest BCUT2D eigenvalue weighted by molar-refractivity contribution is 0.349. The minimum atomic E-state index is -4.91. The van der Waals surface area contributed by atoms with Gasteiger partial charge in [-0.1, -0.05) is 313 Å². The SMILES string of the molecule is Cc1cccc([Si]([O][Al]2[n]3c4c5ccccc5c3N=C3N=C(N=c5c6ccccc6c([n]52)=NC2=NC(=N4)c4ccccc42)c2ccccc23)(O[Si]([O][Al]2[n]3c4c5ccccc5c3N=C3N=C(N=c5c6ccccc6c([n]52)=NC2=NC(=N4)c4ccccc42)c2ccccc23)(c2cccc(C)c2)c2cccc(C)c2)c2cccc(C)c2)c1. The summed E-state index contributed by atoms with van der Waals surface area (Å²) in [5, 5.41) is 9.83. The molecule has 16 aromatic rings. The molecule has 0 aliphatic carbocycles. The zero-order chi connectivity index (χ0) is 76.1. The van der Waals surface area contributed by atoms with E-state index < -0.39 is 47.0 Å². The summed E-state index contributed by atoms with van der Waals surface area (Å²) in [5.41, 5.74) is 13.0. The molecule has 0 spiro atoms. The van der Waals surface area contributed by atoms with Gasteiger partial charge in [-0.05, 0) is 48.4 Å². The predicted molar refractivity (Wildman–Crippen MR) is 460 cm³/mol. The van der Waals surface area contributed by atoms with Gasteiger partial charge in [-0.2, -0.15) is 0 Å². The average molecular weight is 1550 g/mol. The lowest BCUT2D eigenvalue weighted by atomic mass is 10.1. The second kappa shape index (κ2) is 25.1. The van der Waals surface area contributed by atoms with Crippen LogP contribution in [0.2, 0.25) is 0 Å². The Hall–Kier alpha value is -13.3. The Bertz CT molecular complexity index is 6840. The maximum Gasteiger partial charge on any atom is 0.800 e. The Morgan fingerprint density at radius 2 is 0.426 bits per heavy atom. The lowest BCUT2D eigenvalue weighted by Crippen LogP contribution is -2.78. The molecule has 0 saturated carbocycles. The van der Waals surface area contributed by atoms with Crippen LogP contribution in [0.5, 0.6) is 0 Å². The topological polar surface area (TPSA) is 196 Å². The fraction of sp³-hybridized carbons (Fsp3) is 0.0435. The summed E-state index contributed by atoms with van der Waals surface area (Å²) >= 11 is -8.02. The van der Waals surface area contributed by atoms with Gasteiger partial charge in [-0.3, -0.25) is 0 Å². The van der Waals surface area contributed by atoms with Crippen LogP contribution in [-0.2, 0) is 11.1 Å². The third-order valence-corrected chi connectivity index (χ3v) is 37.6. The first-order valence-corrected chi connectivity index (χ1v) is 45.0. The van der Waals surface area contributed by atoms with Gasteiger partial charge in [0.1, 0.15) is 45.2 Å². The molecular formula is C92H60Al2N16O3Si2. The van der Waals surface area contributed by atoms with E-state index in [1.165, 1.54) is 0 Å². The smallest absolute Gasteiger partial charge is 0.482 e. The van der Waals surface area contributed by atoms with Gasteiger partial charge in [0.2, 0.25) is 0 Å². The predicted octanol–water partition coefficient (Wildman–Crippen LogP) is 12.7. The van der Waals surface area contributed by atoms with Crippen LogP contribution >= 0.6 is 0 Å². The lowest BCUT2D eigenvalue weighted by Gasteiger charge is -2.44. The van der Waals surface area contributed by atoms with Crippen molar-refractivity contribution in [3.05, 3.63) is 380 Å². The number of aryl methyl sites for hydroxylation is 4. The summed E-state index contributed by atoms with van der Waals surface area (Å²) in [7, 11) is -9.81. The Morgan fingerprint density at radius 3 is 0.652 bits per heavy atom. The number of amidine groups is 8. The van der Waals surface area contributed by atoms with Crippen LogP contribution in [0, 0.1) is 27.7 Å². The molecule has 19 nitrogen and oxygen atoms in total. The van der Waals surface area contributed by atoms with E-state index in [-0.39, 0.29) is 0 Å². The van der Waals surface area contributed by atoms with Gasteiger partial charge < -0.3 is 25.3 Å². The molecule has 8 aliphatic heterocycles. The number of benzene rings is 12. The fourth-order valence-electron chi connectivity index (χ4n) is 17.8. The van der Waals surface area contributed by atoms with E-state index in [0.717, 1.165) is 131 Å². The van der Waals surface area contributed by atoms with E-state index in [2.05, 4.69) is 285 Å². The minimum absolute atomic E-state index is 0.499. The van der Waals surface area contributed by atoms with Crippen LogP contribution in [0.1, 0.15) is 66.8 Å². The molecule has 0 saturated heterocycles. The zero-order valence-electron chi connectivity index (χ0n) is 62.2. The molecule has 23 heteroatoms. The average Bonchev–Trinajstić information content (AvgIpc) is 1.57. The van der Waals surface area contributed by atoms with Crippen molar-refractivity contribution < 1.29 is 11.1 Å². The van der Waals surface area contributed by atoms with Gasteiger partial charge in [0.05, 0.1) is 0 Å². The quantitative estimate of drug-likeness (QED) is 0.123. The van der Waals surface area contributed by atoms with Crippen molar-refractivity contribution in [1.82, 2.24) is 14.2 Å². The number of aliphatic imine (C=N–C) groups is 8. The van der Waals surface area contributed by atoms with E-state index in [1.807, 2.05) is 48.5 Å². The number of hydrogen-bond acceptors (Lipinski definition) is 15. The highest BCUT2D eigenvalue weighted by molar-refractivity contribution is 7.07. The number of nitrogens with zero attached hydrogens (tertiary/aromatic N) is 16. The van der Waals surface area contributed by atoms with Gasteiger partial charge in [-0.25, -0.2) is 59.9 Å². The summed E-state index contributed by atoms with van der Waals surface area (Å²) in [6.45, 7) is 8.56. The van der Waals surface area contributed by atoms with Gasteiger partial charge >= 0.3 is 47.0 Å².